The second-order valence-electron chi connectivity index (χ2n) is 6.56. The van der Waals surface area contributed by atoms with Crippen LogP contribution in [0.5, 0.6) is 11.5 Å². The molecule has 1 aliphatic heterocycles. The molecule has 1 fully saturated rings. The molecule has 0 aromatic heterocycles. The molecule has 2 aromatic rings. The van der Waals surface area contributed by atoms with Crippen molar-refractivity contribution < 1.29 is 28.1 Å². The summed E-state index contributed by atoms with van der Waals surface area (Å²) in [6, 6.07) is 11.1. The highest BCUT2D eigenvalue weighted by Gasteiger charge is 2.70. The standard InChI is InChI=1S/C18H17ClO6S/c19-12-2-4-13(5-3-12)26(22,23)17-16(18(17,8-20)9-21)11-1-6-14-15(7-11)25-10-24-14/h1-7,16-17,20-21H,8-10H2/t16-,17+/m0/s1. The van der Waals surface area contributed by atoms with Gasteiger partial charge in [0.1, 0.15) is 0 Å². The number of fused-ring (bicyclic) bond motifs is 1. The molecule has 0 radical (unpaired) electrons. The third kappa shape index (κ3) is 2.50. The summed E-state index contributed by atoms with van der Waals surface area (Å²) in [5.74, 6) is 0.569. The van der Waals surface area contributed by atoms with Gasteiger partial charge in [0, 0.05) is 16.4 Å². The Balaban J connectivity index is 1.76. The second-order valence-corrected chi connectivity index (χ2v) is 9.07. The zero-order valence-corrected chi connectivity index (χ0v) is 15.2. The zero-order chi connectivity index (χ0) is 18.5. The van der Waals surface area contributed by atoms with E-state index in [0.29, 0.717) is 22.1 Å². The number of aliphatic hydroxyl groups excluding tert-OH is 2. The molecule has 2 atom stereocenters. The number of ether oxygens (including phenoxy) is 2. The molecular weight excluding hydrogens is 380 g/mol. The Hall–Kier alpha value is -1.80. The number of rotatable bonds is 5. The lowest BCUT2D eigenvalue weighted by Crippen LogP contribution is -2.23. The molecule has 2 aliphatic rings. The van der Waals surface area contributed by atoms with Crippen LogP contribution in [0.2, 0.25) is 5.02 Å². The fourth-order valence-electron chi connectivity index (χ4n) is 3.75. The van der Waals surface area contributed by atoms with Crippen molar-refractivity contribution >= 4 is 21.4 Å². The van der Waals surface area contributed by atoms with Crippen molar-refractivity contribution in [3.05, 3.63) is 53.1 Å². The Morgan fingerprint density at radius 1 is 1.04 bits per heavy atom. The first-order valence-corrected chi connectivity index (χ1v) is 9.97. The van der Waals surface area contributed by atoms with E-state index in [9.17, 15) is 18.6 Å². The molecule has 2 aromatic carbocycles. The number of hydrogen-bond donors (Lipinski definition) is 2. The first-order chi connectivity index (χ1) is 12.4. The molecule has 138 valence electrons. The topological polar surface area (TPSA) is 93.1 Å². The van der Waals surface area contributed by atoms with Gasteiger partial charge in [-0.2, -0.15) is 0 Å². The van der Waals surface area contributed by atoms with Gasteiger partial charge >= 0.3 is 0 Å². The van der Waals surface area contributed by atoms with Crippen LogP contribution in [0.15, 0.2) is 47.4 Å². The number of halogens is 1. The summed E-state index contributed by atoms with van der Waals surface area (Å²) < 4.78 is 36.9. The van der Waals surface area contributed by atoms with Gasteiger partial charge in [0.2, 0.25) is 6.79 Å². The summed E-state index contributed by atoms with van der Waals surface area (Å²) in [7, 11) is -3.78. The Kier molecular flexibility index (Phi) is 4.15. The first-order valence-electron chi connectivity index (χ1n) is 8.05. The lowest BCUT2D eigenvalue weighted by Gasteiger charge is -2.11. The van der Waals surface area contributed by atoms with Crippen molar-refractivity contribution in [2.24, 2.45) is 5.41 Å². The first kappa shape index (κ1) is 17.6. The highest BCUT2D eigenvalue weighted by Crippen LogP contribution is 2.64. The molecule has 8 heteroatoms. The number of aliphatic hydroxyl groups is 2. The highest BCUT2D eigenvalue weighted by atomic mass is 35.5. The van der Waals surface area contributed by atoms with Gasteiger partial charge in [0.05, 0.1) is 23.4 Å². The van der Waals surface area contributed by atoms with Crippen LogP contribution in [0.1, 0.15) is 11.5 Å². The van der Waals surface area contributed by atoms with Crippen molar-refractivity contribution in [2.75, 3.05) is 20.0 Å². The molecule has 0 saturated heterocycles. The van der Waals surface area contributed by atoms with Gasteiger partial charge in [0.15, 0.2) is 21.3 Å². The van der Waals surface area contributed by atoms with E-state index >= 15 is 0 Å². The average molecular weight is 397 g/mol. The second kappa shape index (κ2) is 6.13. The largest absolute Gasteiger partial charge is 0.454 e. The van der Waals surface area contributed by atoms with Gasteiger partial charge in [-0.15, -0.1) is 0 Å². The normalized spacial score (nSPS) is 23.0. The minimum absolute atomic E-state index is 0.112. The fraction of sp³-hybridized carbons (Fsp3) is 0.333. The van der Waals surface area contributed by atoms with E-state index in [2.05, 4.69) is 0 Å². The minimum atomic E-state index is -3.78. The molecule has 1 aliphatic carbocycles. The smallest absolute Gasteiger partial charge is 0.231 e. The van der Waals surface area contributed by atoms with E-state index in [4.69, 9.17) is 21.1 Å². The van der Waals surface area contributed by atoms with Crippen LogP contribution in [-0.2, 0) is 9.84 Å². The zero-order valence-electron chi connectivity index (χ0n) is 13.6. The Morgan fingerprint density at radius 2 is 1.69 bits per heavy atom. The predicted octanol–water partition coefficient (Wildman–Crippen LogP) is 1.98. The predicted molar refractivity (Wildman–Crippen MR) is 94.3 cm³/mol. The maximum absolute atomic E-state index is 13.1. The monoisotopic (exact) mass is 396 g/mol. The molecule has 1 heterocycles. The van der Waals surface area contributed by atoms with Gasteiger partial charge in [0.25, 0.3) is 0 Å². The van der Waals surface area contributed by atoms with Gasteiger partial charge < -0.3 is 19.7 Å². The van der Waals surface area contributed by atoms with Gasteiger partial charge in [-0.25, -0.2) is 8.42 Å². The van der Waals surface area contributed by atoms with Crippen LogP contribution >= 0.6 is 11.6 Å². The van der Waals surface area contributed by atoms with E-state index in [0.717, 1.165) is 0 Å². The van der Waals surface area contributed by atoms with Crippen LogP contribution in [0.3, 0.4) is 0 Å². The summed E-state index contributed by atoms with van der Waals surface area (Å²) in [5, 5.41) is 19.3. The van der Waals surface area contributed by atoms with Gasteiger partial charge in [-0.3, -0.25) is 0 Å². The summed E-state index contributed by atoms with van der Waals surface area (Å²) in [4.78, 5) is 0.112. The van der Waals surface area contributed by atoms with Crippen LogP contribution in [-0.4, -0.2) is 43.9 Å². The van der Waals surface area contributed by atoms with E-state index in [1.807, 2.05) is 0 Å². The molecular formula is C18H17ClO6S. The molecule has 2 N–H and O–H groups in total. The van der Waals surface area contributed by atoms with Crippen molar-refractivity contribution in [1.82, 2.24) is 0 Å². The fourth-order valence-corrected chi connectivity index (χ4v) is 6.31. The van der Waals surface area contributed by atoms with Crippen molar-refractivity contribution in [2.45, 2.75) is 16.1 Å². The van der Waals surface area contributed by atoms with Gasteiger partial charge in [-0.1, -0.05) is 17.7 Å². The Morgan fingerprint density at radius 3 is 2.35 bits per heavy atom. The Bertz CT molecular complexity index is 937. The summed E-state index contributed by atoms with van der Waals surface area (Å²) in [6.07, 6.45) is 0. The molecule has 0 spiro atoms. The molecule has 4 rings (SSSR count). The van der Waals surface area contributed by atoms with Gasteiger partial charge in [-0.05, 0) is 42.0 Å². The van der Waals surface area contributed by atoms with E-state index in [-0.39, 0.29) is 11.7 Å². The number of hydrogen-bond acceptors (Lipinski definition) is 6. The maximum atomic E-state index is 13.1. The van der Waals surface area contributed by atoms with Crippen molar-refractivity contribution in [1.29, 1.82) is 0 Å². The van der Waals surface area contributed by atoms with E-state index < -0.39 is 39.6 Å². The Labute approximate surface area is 155 Å². The van der Waals surface area contributed by atoms with E-state index in [1.165, 1.54) is 24.3 Å². The summed E-state index contributed by atoms with van der Waals surface area (Å²) >= 11 is 5.85. The van der Waals surface area contributed by atoms with Crippen molar-refractivity contribution in [3.63, 3.8) is 0 Å². The highest BCUT2D eigenvalue weighted by molar-refractivity contribution is 7.92. The third-order valence-corrected chi connectivity index (χ3v) is 7.79. The van der Waals surface area contributed by atoms with Crippen molar-refractivity contribution in [3.8, 4) is 11.5 Å². The quantitative estimate of drug-likeness (QED) is 0.802. The average Bonchev–Trinajstić information content (AvgIpc) is 3.12. The minimum Gasteiger partial charge on any atom is -0.454 e. The molecule has 6 nitrogen and oxygen atoms in total. The molecule has 0 bridgehead atoms. The van der Waals surface area contributed by atoms with Crippen LogP contribution < -0.4 is 9.47 Å². The SMILES string of the molecule is O=S(=O)(c1ccc(Cl)cc1)[C@@H]1[C@H](c2ccc3c(c2)OCO3)C1(CO)CO. The maximum Gasteiger partial charge on any atom is 0.231 e. The van der Waals surface area contributed by atoms with E-state index in [1.54, 1.807) is 18.2 Å². The van der Waals surface area contributed by atoms with Crippen LogP contribution in [0, 0.1) is 5.41 Å². The molecule has 26 heavy (non-hydrogen) atoms. The number of sulfone groups is 1. The molecule has 1 saturated carbocycles. The lowest BCUT2D eigenvalue weighted by atomic mass is 10.0. The third-order valence-electron chi connectivity index (χ3n) is 5.20. The van der Waals surface area contributed by atoms with Crippen LogP contribution in [0.4, 0.5) is 0 Å². The summed E-state index contributed by atoms with van der Waals surface area (Å²) in [5.41, 5.74) is -0.466. The lowest BCUT2D eigenvalue weighted by molar-refractivity contribution is 0.130. The summed E-state index contributed by atoms with van der Waals surface area (Å²) in [6.45, 7) is -0.776. The number of benzene rings is 2. The molecule has 0 unspecified atom stereocenters. The van der Waals surface area contributed by atoms with Crippen LogP contribution in [0.25, 0.3) is 0 Å². The molecule has 0 amide bonds.